The lowest BCUT2D eigenvalue weighted by Crippen LogP contribution is -2.36. The first-order valence-electron chi connectivity index (χ1n) is 9.91. The van der Waals surface area contributed by atoms with E-state index in [1.54, 1.807) is 18.2 Å². The van der Waals surface area contributed by atoms with Gasteiger partial charge in [-0.05, 0) is 37.0 Å². The minimum absolute atomic E-state index is 0.0610. The first kappa shape index (κ1) is 19.1. The Morgan fingerprint density at radius 3 is 2.41 bits per heavy atom. The fraction of sp³-hybridized carbons (Fsp3) is 0.261. The van der Waals surface area contributed by atoms with Crippen LogP contribution in [-0.2, 0) is 6.54 Å². The van der Waals surface area contributed by atoms with Crippen molar-refractivity contribution < 1.29 is 9.18 Å². The lowest BCUT2D eigenvalue weighted by atomic mass is 10.1. The Hall–Kier alpha value is -3.28. The summed E-state index contributed by atoms with van der Waals surface area (Å²) in [5.41, 5.74) is 2.17. The van der Waals surface area contributed by atoms with E-state index < -0.39 is 0 Å². The van der Waals surface area contributed by atoms with Crippen LogP contribution < -0.4 is 5.32 Å². The molecule has 4 rings (SSSR count). The van der Waals surface area contributed by atoms with Crippen molar-refractivity contribution in [1.29, 1.82) is 0 Å². The highest BCUT2D eigenvalue weighted by Crippen LogP contribution is 2.20. The number of amides is 1. The van der Waals surface area contributed by atoms with Crippen LogP contribution >= 0.6 is 0 Å². The maximum atomic E-state index is 13.1. The molecule has 1 aromatic heterocycles. The Kier molecular flexibility index (Phi) is 5.79. The fourth-order valence-electron chi connectivity index (χ4n) is 3.42. The molecule has 148 valence electrons. The molecular weight excluding hydrogens is 367 g/mol. The number of nitrogens with zero attached hydrogens (tertiary/aromatic N) is 3. The number of hydrogen-bond donors (Lipinski definition) is 1. The normalized spacial score (nSPS) is 13.9. The molecule has 1 aliphatic heterocycles. The number of anilines is 1. The van der Waals surface area contributed by atoms with Crippen molar-refractivity contribution in [2.75, 3.05) is 18.4 Å². The topological polar surface area (TPSA) is 58.1 Å². The molecule has 0 atom stereocenters. The highest BCUT2D eigenvalue weighted by Gasteiger charge is 2.21. The third-order valence-electron chi connectivity index (χ3n) is 5.01. The predicted octanol–water partition coefficient (Wildman–Crippen LogP) is 4.52. The predicted molar refractivity (Wildman–Crippen MR) is 111 cm³/mol. The average molecular weight is 390 g/mol. The van der Waals surface area contributed by atoms with E-state index >= 15 is 0 Å². The summed E-state index contributed by atoms with van der Waals surface area (Å²) in [7, 11) is 0. The maximum absolute atomic E-state index is 13.1. The van der Waals surface area contributed by atoms with Crippen LogP contribution in [-0.4, -0.2) is 33.9 Å². The van der Waals surface area contributed by atoms with Gasteiger partial charge in [0, 0.05) is 31.3 Å². The molecule has 0 bridgehead atoms. The van der Waals surface area contributed by atoms with Gasteiger partial charge in [0.25, 0.3) is 5.91 Å². The van der Waals surface area contributed by atoms with Gasteiger partial charge in [-0.1, -0.05) is 42.5 Å². The molecule has 2 aromatic carbocycles. The van der Waals surface area contributed by atoms with Crippen LogP contribution in [0, 0.1) is 5.82 Å². The molecule has 2 heterocycles. The molecule has 0 unspecified atom stereocenters. The summed E-state index contributed by atoms with van der Waals surface area (Å²) in [4.78, 5) is 24.0. The zero-order chi connectivity index (χ0) is 20.1. The summed E-state index contributed by atoms with van der Waals surface area (Å²) >= 11 is 0. The van der Waals surface area contributed by atoms with Gasteiger partial charge < -0.3 is 10.2 Å². The van der Waals surface area contributed by atoms with Gasteiger partial charge in [0.15, 0.2) is 5.82 Å². The standard InChI is InChI=1S/C23H23FN4O/c24-19-11-9-17(10-12-19)16-25-21-15-20(23(29)28-13-5-2-6-14-28)26-22(27-21)18-7-3-1-4-8-18/h1,3-4,7-12,15H,2,5-6,13-14,16H2,(H,25,26,27). The third-order valence-corrected chi connectivity index (χ3v) is 5.01. The fourth-order valence-corrected chi connectivity index (χ4v) is 3.42. The quantitative estimate of drug-likeness (QED) is 0.696. The van der Waals surface area contributed by atoms with Gasteiger partial charge in [0.05, 0.1) is 0 Å². The van der Waals surface area contributed by atoms with Crippen molar-refractivity contribution in [3.8, 4) is 11.4 Å². The molecule has 1 saturated heterocycles. The van der Waals surface area contributed by atoms with Gasteiger partial charge in [0.2, 0.25) is 0 Å². The summed E-state index contributed by atoms with van der Waals surface area (Å²) < 4.78 is 13.1. The number of aromatic nitrogens is 2. The Balaban J connectivity index is 1.62. The summed E-state index contributed by atoms with van der Waals surface area (Å²) in [6.45, 7) is 2.01. The number of carbonyl (C=O) groups is 1. The molecule has 1 N–H and O–H groups in total. The number of hydrogen-bond acceptors (Lipinski definition) is 4. The van der Waals surface area contributed by atoms with Crippen LogP contribution in [0.3, 0.4) is 0 Å². The molecule has 29 heavy (non-hydrogen) atoms. The SMILES string of the molecule is O=C(c1cc(NCc2ccc(F)cc2)nc(-c2ccccc2)n1)N1CCCCC1. The second-order valence-corrected chi connectivity index (χ2v) is 7.16. The van der Waals surface area contributed by atoms with E-state index in [2.05, 4.69) is 15.3 Å². The van der Waals surface area contributed by atoms with Gasteiger partial charge in [-0.3, -0.25) is 4.79 Å². The second-order valence-electron chi connectivity index (χ2n) is 7.16. The number of rotatable bonds is 5. The number of halogens is 1. The van der Waals surface area contributed by atoms with Crippen LogP contribution in [0.25, 0.3) is 11.4 Å². The highest BCUT2D eigenvalue weighted by molar-refractivity contribution is 5.93. The molecule has 6 heteroatoms. The summed E-state index contributed by atoms with van der Waals surface area (Å²) in [6.07, 6.45) is 3.21. The Labute approximate surface area is 169 Å². The van der Waals surface area contributed by atoms with E-state index in [9.17, 15) is 9.18 Å². The molecule has 1 aliphatic rings. The first-order valence-corrected chi connectivity index (χ1v) is 9.91. The molecule has 1 amide bonds. The minimum atomic E-state index is -0.267. The summed E-state index contributed by atoms with van der Waals surface area (Å²) in [6, 6.07) is 17.6. The second kappa shape index (κ2) is 8.82. The van der Waals surface area contributed by atoms with E-state index in [1.165, 1.54) is 12.1 Å². The van der Waals surface area contributed by atoms with Crippen LogP contribution in [0.1, 0.15) is 35.3 Å². The van der Waals surface area contributed by atoms with E-state index in [0.29, 0.717) is 23.9 Å². The highest BCUT2D eigenvalue weighted by atomic mass is 19.1. The Morgan fingerprint density at radius 2 is 1.69 bits per heavy atom. The Morgan fingerprint density at radius 1 is 0.966 bits per heavy atom. The van der Waals surface area contributed by atoms with Crippen molar-refractivity contribution in [3.05, 3.63) is 77.7 Å². The molecule has 1 fully saturated rings. The lowest BCUT2D eigenvalue weighted by molar-refractivity contribution is 0.0718. The van der Waals surface area contributed by atoms with Crippen molar-refractivity contribution in [1.82, 2.24) is 14.9 Å². The molecular formula is C23H23FN4O. The number of piperidine rings is 1. The minimum Gasteiger partial charge on any atom is -0.366 e. The molecule has 0 aliphatic carbocycles. The molecule has 3 aromatic rings. The third kappa shape index (κ3) is 4.77. The molecule has 0 spiro atoms. The van der Waals surface area contributed by atoms with Crippen LogP contribution in [0.2, 0.25) is 0 Å². The van der Waals surface area contributed by atoms with Crippen molar-refractivity contribution in [2.45, 2.75) is 25.8 Å². The number of likely N-dealkylation sites (tertiary alicyclic amines) is 1. The zero-order valence-corrected chi connectivity index (χ0v) is 16.1. The number of benzene rings is 2. The molecule has 0 radical (unpaired) electrons. The Bertz CT molecular complexity index is 970. The van der Waals surface area contributed by atoms with Gasteiger partial charge >= 0.3 is 0 Å². The largest absolute Gasteiger partial charge is 0.366 e. The van der Waals surface area contributed by atoms with Gasteiger partial charge in [0.1, 0.15) is 17.3 Å². The van der Waals surface area contributed by atoms with Crippen LogP contribution in [0.5, 0.6) is 0 Å². The summed E-state index contributed by atoms with van der Waals surface area (Å²) in [5, 5.41) is 3.24. The maximum Gasteiger partial charge on any atom is 0.272 e. The average Bonchev–Trinajstić information content (AvgIpc) is 2.79. The molecule has 5 nitrogen and oxygen atoms in total. The van der Waals surface area contributed by atoms with Crippen molar-refractivity contribution >= 4 is 11.7 Å². The van der Waals surface area contributed by atoms with Crippen molar-refractivity contribution in [3.63, 3.8) is 0 Å². The van der Waals surface area contributed by atoms with Gasteiger partial charge in [-0.2, -0.15) is 0 Å². The molecule has 0 saturated carbocycles. The van der Waals surface area contributed by atoms with Gasteiger partial charge in [-0.15, -0.1) is 0 Å². The van der Waals surface area contributed by atoms with E-state index in [4.69, 9.17) is 0 Å². The van der Waals surface area contributed by atoms with E-state index in [-0.39, 0.29) is 11.7 Å². The zero-order valence-electron chi connectivity index (χ0n) is 16.1. The smallest absolute Gasteiger partial charge is 0.272 e. The van der Waals surface area contributed by atoms with E-state index in [1.807, 2.05) is 35.2 Å². The number of nitrogens with one attached hydrogen (secondary N) is 1. The lowest BCUT2D eigenvalue weighted by Gasteiger charge is -2.26. The van der Waals surface area contributed by atoms with Gasteiger partial charge in [-0.25, -0.2) is 14.4 Å². The van der Waals surface area contributed by atoms with Crippen LogP contribution in [0.15, 0.2) is 60.7 Å². The van der Waals surface area contributed by atoms with Crippen molar-refractivity contribution in [2.24, 2.45) is 0 Å². The number of carbonyl (C=O) groups excluding carboxylic acids is 1. The monoisotopic (exact) mass is 390 g/mol. The first-order chi connectivity index (χ1) is 14.2. The summed E-state index contributed by atoms with van der Waals surface area (Å²) in [5.74, 6) is 0.754. The van der Waals surface area contributed by atoms with Crippen LogP contribution in [0.4, 0.5) is 10.2 Å². The van der Waals surface area contributed by atoms with E-state index in [0.717, 1.165) is 43.5 Å².